The Labute approximate surface area is 181 Å². The summed E-state index contributed by atoms with van der Waals surface area (Å²) >= 11 is 0. The molecule has 0 radical (unpaired) electrons. The van der Waals surface area contributed by atoms with Crippen LogP contribution in [0, 0.1) is 0 Å². The van der Waals surface area contributed by atoms with E-state index in [4.69, 9.17) is 13.9 Å². The highest BCUT2D eigenvalue weighted by Gasteiger charge is 2.60. The van der Waals surface area contributed by atoms with Gasteiger partial charge in [0.1, 0.15) is 5.25 Å². The van der Waals surface area contributed by atoms with Gasteiger partial charge in [-0.25, -0.2) is 8.42 Å². The van der Waals surface area contributed by atoms with E-state index in [9.17, 15) is 13.2 Å². The Kier molecular flexibility index (Phi) is 6.28. The zero-order valence-electron chi connectivity index (χ0n) is 18.8. The SMILES string of the molecule is CC(=O)O[C@@H]1O[C@]2(CCC[C@@H]2O[Si](C)(C)C(C)(C)C)C[C@H]1S(=O)(=O)c1ccccc1. The normalized spacial score (nSPS) is 30.0. The van der Waals surface area contributed by atoms with Crippen LogP contribution < -0.4 is 0 Å². The van der Waals surface area contributed by atoms with Crippen molar-refractivity contribution >= 4 is 24.1 Å². The fourth-order valence-corrected chi connectivity index (χ4v) is 7.36. The van der Waals surface area contributed by atoms with Crippen LogP contribution in [0.15, 0.2) is 35.2 Å². The van der Waals surface area contributed by atoms with Gasteiger partial charge in [-0.1, -0.05) is 39.0 Å². The first-order valence-corrected chi connectivity index (χ1v) is 15.1. The molecule has 2 aliphatic rings. The lowest BCUT2D eigenvalue weighted by molar-refractivity contribution is -0.195. The predicted molar refractivity (Wildman–Crippen MR) is 117 cm³/mol. The zero-order valence-corrected chi connectivity index (χ0v) is 20.6. The Bertz CT molecular complexity index is 877. The van der Waals surface area contributed by atoms with E-state index in [1.165, 1.54) is 6.92 Å². The number of sulfone groups is 1. The maximum atomic E-state index is 13.4. The molecule has 0 bridgehead atoms. The molecule has 1 aromatic carbocycles. The van der Waals surface area contributed by atoms with Crippen molar-refractivity contribution in [2.45, 2.75) is 99.7 Å². The highest BCUT2D eigenvalue weighted by molar-refractivity contribution is 7.92. The minimum absolute atomic E-state index is 0.0280. The molecule has 0 unspecified atom stereocenters. The third-order valence-electron chi connectivity index (χ3n) is 6.85. The summed E-state index contributed by atoms with van der Waals surface area (Å²) in [5, 5.41) is -0.924. The van der Waals surface area contributed by atoms with Gasteiger partial charge in [0.25, 0.3) is 0 Å². The molecule has 30 heavy (non-hydrogen) atoms. The minimum Gasteiger partial charge on any atom is -0.434 e. The summed E-state index contributed by atoms with van der Waals surface area (Å²) in [6.45, 7) is 12.2. The van der Waals surface area contributed by atoms with Gasteiger partial charge in [0.15, 0.2) is 18.2 Å². The number of hydrogen-bond donors (Lipinski definition) is 0. The second-order valence-electron chi connectivity index (χ2n) is 10.0. The van der Waals surface area contributed by atoms with Crippen LogP contribution in [0.5, 0.6) is 0 Å². The van der Waals surface area contributed by atoms with E-state index in [1.54, 1.807) is 30.3 Å². The van der Waals surface area contributed by atoms with Crippen LogP contribution in [-0.2, 0) is 28.5 Å². The molecule has 3 rings (SSSR count). The lowest BCUT2D eigenvalue weighted by atomic mass is 9.96. The number of benzene rings is 1. The van der Waals surface area contributed by atoms with Crippen molar-refractivity contribution in [1.29, 1.82) is 0 Å². The molecule has 1 saturated carbocycles. The Hall–Kier alpha value is -1.22. The molecule has 0 amide bonds. The first kappa shape index (κ1) is 23.4. The summed E-state index contributed by atoms with van der Waals surface area (Å²) in [6, 6.07) is 8.30. The van der Waals surface area contributed by atoms with Crippen LogP contribution in [0.4, 0.5) is 0 Å². The van der Waals surface area contributed by atoms with Gasteiger partial charge >= 0.3 is 5.97 Å². The molecule has 8 heteroatoms. The largest absolute Gasteiger partial charge is 0.434 e. The van der Waals surface area contributed by atoms with E-state index >= 15 is 0 Å². The number of carbonyl (C=O) groups is 1. The molecule has 6 nitrogen and oxygen atoms in total. The summed E-state index contributed by atoms with van der Waals surface area (Å²) < 4.78 is 45.2. The molecule has 1 heterocycles. The van der Waals surface area contributed by atoms with Crippen molar-refractivity contribution in [2.75, 3.05) is 0 Å². The fourth-order valence-electron chi connectivity index (χ4n) is 4.17. The van der Waals surface area contributed by atoms with E-state index in [2.05, 4.69) is 33.9 Å². The smallest absolute Gasteiger partial charge is 0.304 e. The van der Waals surface area contributed by atoms with Gasteiger partial charge in [-0.05, 0) is 49.5 Å². The Morgan fingerprint density at radius 3 is 2.40 bits per heavy atom. The molecule has 168 valence electrons. The number of ether oxygens (including phenoxy) is 2. The summed E-state index contributed by atoms with van der Waals surface area (Å²) in [6.07, 6.45) is 1.34. The Morgan fingerprint density at radius 1 is 1.20 bits per heavy atom. The summed E-state index contributed by atoms with van der Waals surface area (Å²) in [5.74, 6) is -0.551. The third-order valence-corrected chi connectivity index (χ3v) is 13.5. The van der Waals surface area contributed by atoms with Gasteiger partial charge in [0.2, 0.25) is 6.29 Å². The first-order valence-electron chi connectivity index (χ1n) is 10.6. The second kappa shape index (κ2) is 8.04. The second-order valence-corrected chi connectivity index (χ2v) is 16.9. The standard InChI is InChI=1S/C22H34O6SSi/c1-16(23)26-20-18(29(24,25)17-11-8-7-9-12-17)15-22(27-20)14-10-13-19(22)28-30(5,6)21(2,3)4/h7-9,11-12,18-20H,10,13-15H2,1-6H3/t18-,19+,20-,22-/m1/s1. The van der Waals surface area contributed by atoms with Crippen LogP contribution in [0.3, 0.4) is 0 Å². The average molecular weight is 455 g/mol. The van der Waals surface area contributed by atoms with E-state index in [0.717, 1.165) is 12.8 Å². The molecule has 2 fully saturated rings. The topological polar surface area (TPSA) is 78.9 Å². The average Bonchev–Trinajstić information content (AvgIpc) is 3.18. The van der Waals surface area contributed by atoms with Crippen molar-refractivity contribution in [3.05, 3.63) is 30.3 Å². The Balaban J connectivity index is 1.94. The van der Waals surface area contributed by atoms with E-state index in [-0.39, 0.29) is 22.5 Å². The van der Waals surface area contributed by atoms with Crippen molar-refractivity contribution in [3.8, 4) is 0 Å². The Morgan fingerprint density at radius 2 is 1.83 bits per heavy atom. The van der Waals surface area contributed by atoms with Gasteiger partial charge in [-0.15, -0.1) is 0 Å². The van der Waals surface area contributed by atoms with Gasteiger partial charge < -0.3 is 13.9 Å². The fraction of sp³-hybridized carbons (Fsp3) is 0.682. The lowest BCUT2D eigenvalue weighted by Crippen LogP contribution is -2.50. The molecular formula is C22H34O6SSi. The van der Waals surface area contributed by atoms with Crippen molar-refractivity contribution in [1.82, 2.24) is 0 Å². The van der Waals surface area contributed by atoms with E-state index in [0.29, 0.717) is 6.42 Å². The summed E-state index contributed by atoms with van der Waals surface area (Å²) in [5.41, 5.74) is -0.748. The third kappa shape index (κ3) is 4.37. The molecule has 0 aromatic heterocycles. The number of hydrogen-bond acceptors (Lipinski definition) is 6. The summed E-state index contributed by atoms with van der Waals surface area (Å²) in [4.78, 5) is 11.9. The van der Waals surface area contributed by atoms with Crippen molar-refractivity contribution < 1.29 is 27.1 Å². The molecule has 4 atom stereocenters. The number of carbonyl (C=O) groups excluding carboxylic acids is 1. The highest BCUT2D eigenvalue weighted by Crippen LogP contribution is 2.50. The van der Waals surface area contributed by atoms with Gasteiger partial charge in [-0.3, -0.25) is 4.79 Å². The van der Waals surface area contributed by atoms with Crippen LogP contribution in [0.1, 0.15) is 53.4 Å². The molecule has 1 aliphatic heterocycles. The monoisotopic (exact) mass is 454 g/mol. The van der Waals surface area contributed by atoms with Gasteiger partial charge in [0.05, 0.1) is 16.6 Å². The predicted octanol–water partition coefficient (Wildman–Crippen LogP) is 4.45. The van der Waals surface area contributed by atoms with Gasteiger partial charge in [-0.2, -0.15) is 0 Å². The molecule has 1 aromatic rings. The van der Waals surface area contributed by atoms with E-state index in [1.807, 2.05) is 0 Å². The molecule has 0 N–H and O–H groups in total. The van der Waals surface area contributed by atoms with E-state index < -0.39 is 41.3 Å². The maximum absolute atomic E-state index is 13.4. The minimum atomic E-state index is -3.74. The van der Waals surface area contributed by atoms with Gasteiger partial charge in [0, 0.05) is 13.3 Å². The lowest BCUT2D eigenvalue weighted by Gasteiger charge is -2.42. The van der Waals surface area contributed by atoms with Crippen LogP contribution in [-0.4, -0.2) is 45.9 Å². The zero-order chi connectivity index (χ0) is 22.4. The molecular weight excluding hydrogens is 420 g/mol. The molecule has 1 spiro atoms. The van der Waals surface area contributed by atoms with Crippen molar-refractivity contribution in [2.24, 2.45) is 0 Å². The number of rotatable bonds is 5. The highest BCUT2D eigenvalue weighted by atomic mass is 32.2. The first-order chi connectivity index (χ1) is 13.8. The van der Waals surface area contributed by atoms with Crippen LogP contribution >= 0.6 is 0 Å². The van der Waals surface area contributed by atoms with Crippen LogP contribution in [0.2, 0.25) is 18.1 Å². The van der Waals surface area contributed by atoms with Crippen molar-refractivity contribution in [3.63, 3.8) is 0 Å². The molecule has 1 aliphatic carbocycles. The maximum Gasteiger partial charge on any atom is 0.304 e. The summed E-state index contributed by atoms with van der Waals surface area (Å²) in [7, 11) is -5.83. The number of esters is 1. The van der Waals surface area contributed by atoms with Crippen LogP contribution in [0.25, 0.3) is 0 Å². The molecule has 1 saturated heterocycles. The quantitative estimate of drug-likeness (QED) is 0.483.